The molecule has 110 valence electrons. The first kappa shape index (κ1) is 15.0. The Morgan fingerprint density at radius 2 is 1.25 bits per heavy atom. The van der Waals surface area contributed by atoms with Gasteiger partial charge in [0.15, 0.2) is 23.3 Å². The lowest BCUT2D eigenvalue weighted by Gasteiger charge is -2.18. The fourth-order valence-electron chi connectivity index (χ4n) is 1.82. The zero-order valence-electron chi connectivity index (χ0n) is 8.78. The fourth-order valence-corrected chi connectivity index (χ4v) is 2.23. The summed E-state index contributed by atoms with van der Waals surface area (Å²) in [5.41, 5.74) is -6.88. The van der Waals surface area contributed by atoms with E-state index in [-0.39, 0.29) is 0 Å². The molecule has 1 aromatic carbocycles. The largest absolute Gasteiger partial charge is 0.420 e. The van der Waals surface area contributed by atoms with Crippen molar-refractivity contribution < 1.29 is 39.5 Å². The van der Waals surface area contributed by atoms with Gasteiger partial charge in [0.2, 0.25) is 0 Å². The van der Waals surface area contributed by atoms with E-state index in [9.17, 15) is 39.5 Å². The zero-order valence-corrected chi connectivity index (χ0v) is 9.54. The molecule has 0 heterocycles. The minimum Gasteiger partial charge on any atom is -0.203 e. The van der Waals surface area contributed by atoms with Crippen molar-refractivity contribution in [3.63, 3.8) is 0 Å². The third-order valence-corrected chi connectivity index (χ3v) is 3.00. The number of alkyl halides is 5. The van der Waals surface area contributed by atoms with Crippen molar-refractivity contribution in [2.75, 3.05) is 0 Å². The van der Waals surface area contributed by atoms with Crippen LogP contribution in [0.3, 0.4) is 0 Å². The van der Waals surface area contributed by atoms with E-state index < -0.39 is 57.1 Å². The number of halogens is 10. The number of benzene rings is 1. The van der Waals surface area contributed by atoms with Gasteiger partial charge in [-0.1, -0.05) is 11.6 Å². The first-order valence-corrected chi connectivity index (χ1v) is 5.02. The van der Waals surface area contributed by atoms with Crippen molar-refractivity contribution in [2.45, 2.75) is 12.1 Å². The molecule has 20 heavy (non-hydrogen) atoms. The van der Waals surface area contributed by atoms with Gasteiger partial charge in [-0.2, -0.15) is 22.0 Å². The molecule has 0 atom stereocenters. The second kappa shape index (κ2) is 4.06. The van der Waals surface area contributed by atoms with Crippen LogP contribution in [0, 0.1) is 23.3 Å². The third kappa shape index (κ3) is 1.72. The molecule has 0 N–H and O–H groups in total. The lowest BCUT2D eigenvalue weighted by atomic mass is 10.0. The van der Waals surface area contributed by atoms with E-state index in [1.807, 2.05) is 0 Å². The number of hydrogen-bond acceptors (Lipinski definition) is 0. The van der Waals surface area contributed by atoms with Gasteiger partial charge in [0.25, 0.3) is 0 Å². The van der Waals surface area contributed by atoms with E-state index in [0.29, 0.717) is 0 Å². The molecule has 1 aromatic rings. The van der Waals surface area contributed by atoms with E-state index in [4.69, 9.17) is 11.6 Å². The van der Waals surface area contributed by atoms with Gasteiger partial charge < -0.3 is 0 Å². The minimum absolute atomic E-state index is 1.83. The highest BCUT2D eigenvalue weighted by Gasteiger charge is 2.60. The van der Waals surface area contributed by atoms with Crippen LogP contribution in [0.15, 0.2) is 5.57 Å². The fraction of sp³-hybridized carbons (Fsp3) is 0.200. The van der Waals surface area contributed by atoms with Crippen LogP contribution in [0.2, 0.25) is 0 Å². The summed E-state index contributed by atoms with van der Waals surface area (Å²) >= 11 is 4.96. The van der Waals surface area contributed by atoms with Crippen LogP contribution in [0.25, 0.3) is 5.03 Å². The van der Waals surface area contributed by atoms with Crippen LogP contribution in [0.1, 0.15) is 11.1 Å². The van der Waals surface area contributed by atoms with Gasteiger partial charge in [0.1, 0.15) is 5.57 Å². The van der Waals surface area contributed by atoms with Crippen LogP contribution < -0.4 is 0 Å². The molecular formula is C10ClF9. The summed E-state index contributed by atoms with van der Waals surface area (Å²) in [6, 6.07) is 0. The highest BCUT2D eigenvalue weighted by atomic mass is 35.5. The van der Waals surface area contributed by atoms with E-state index in [1.165, 1.54) is 0 Å². The predicted molar refractivity (Wildman–Crippen MR) is 49.0 cm³/mol. The Kier molecular flexibility index (Phi) is 3.05. The molecule has 1 aliphatic rings. The number of rotatable bonds is 0. The van der Waals surface area contributed by atoms with E-state index in [2.05, 4.69) is 0 Å². The Labute approximate surface area is 109 Å². The Morgan fingerprint density at radius 3 is 1.70 bits per heavy atom. The number of fused-ring (bicyclic) bond motifs is 1. The maximum absolute atomic E-state index is 13.5. The average Bonchev–Trinajstić information content (AvgIpc) is 2.49. The highest BCUT2D eigenvalue weighted by molar-refractivity contribution is 6.50. The Hall–Kier alpha value is -1.38. The van der Waals surface area contributed by atoms with Crippen molar-refractivity contribution >= 4 is 16.6 Å². The second-order valence-corrected chi connectivity index (χ2v) is 4.15. The molecule has 1 aliphatic carbocycles. The molecule has 0 fully saturated rings. The van der Waals surface area contributed by atoms with Gasteiger partial charge in [0.05, 0.1) is 10.6 Å². The molecule has 0 radical (unpaired) electrons. The van der Waals surface area contributed by atoms with E-state index in [0.717, 1.165) is 0 Å². The van der Waals surface area contributed by atoms with Gasteiger partial charge >= 0.3 is 12.1 Å². The van der Waals surface area contributed by atoms with Crippen molar-refractivity contribution in [1.82, 2.24) is 0 Å². The summed E-state index contributed by atoms with van der Waals surface area (Å²) in [6.45, 7) is 0. The summed E-state index contributed by atoms with van der Waals surface area (Å²) in [5.74, 6) is -15.3. The van der Waals surface area contributed by atoms with Crippen molar-refractivity contribution in [3.8, 4) is 0 Å². The van der Waals surface area contributed by atoms with Gasteiger partial charge in [-0.15, -0.1) is 0 Å². The van der Waals surface area contributed by atoms with Crippen LogP contribution in [0.4, 0.5) is 39.5 Å². The smallest absolute Gasteiger partial charge is 0.203 e. The van der Waals surface area contributed by atoms with Crippen LogP contribution in [-0.4, -0.2) is 6.18 Å². The first-order chi connectivity index (χ1) is 8.92. The molecule has 0 unspecified atom stereocenters. The van der Waals surface area contributed by atoms with Crippen molar-refractivity contribution in [2.24, 2.45) is 0 Å². The van der Waals surface area contributed by atoms with Gasteiger partial charge in [-0.3, -0.25) is 0 Å². The summed E-state index contributed by atoms with van der Waals surface area (Å²) < 4.78 is 117. The van der Waals surface area contributed by atoms with Crippen LogP contribution in [-0.2, 0) is 5.92 Å². The molecule has 0 nitrogen and oxygen atoms in total. The molecule has 2 rings (SSSR count). The van der Waals surface area contributed by atoms with Crippen molar-refractivity contribution in [1.29, 1.82) is 0 Å². The maximum atomic E-state index is 13.5. The van der Waals surface area contributed by atoms with Gasteiger partial charge in [-0.25, -0.2) is 17.6 Å². The minimum atomic E-state index is -5.74. The molecule has 0 saturated heterocycles. The molecule has 0 saturated carbocycles. The molecule has 0 aliphatic heterocycles. The topological polar surface area (TPSA) is 0 Å². The van der Waals surface area contributed by atoms with Gasteiger partial charge in [-0.05, 0) is 0 Å². The molecule has 0 spiro atoms. The quantitative estimate of drug-likeness (QED) is 0.363. The summed E-state index contributed by atoms with van der Waals surface area (Å²) in [7, 11) is 0. The number of allylic oxidation sites excluding steroid dienone is 1. The molecule has 0 amide bonds. The molecular weight excluding hydrogens is 327 g/mol. The monoisotopic (exact) mass is 326 g/mol. The Morgan fingerprint density at radius 1 is 0.800 bits per heavy atom. The zero-order chi connectivity index (χ0) is 15.6. The average molecular weight is 327 g/mol. The second-order valence-electron chi connectivity index (χ2n) is 3.77. The number of hydrogen-bond donors (Lipinski definition) is 0. The third-order valence-electron chi connectivity index (χ3n) is 2.62. The standard InChI is InChI=1S/C10ClF9/c11-3-1-2(5(13)7(15)6(14)4(1)12)9(16,17)8(3)10(18,19)20. The molecule has 0 bridgehead atoms. The first-order valence-electron chi connectivity index (χ1n) is 4.64. The Balaban J connectivity index is 2.95. The van der Waals surface area contributed by atoms with Crippen LogP contribution in [0.5, 0.6) is 0 Å². The highest BCUT2D eigenvalue weighted by Crippen LogP contribution is 2.57. The van der Waals surface area contributed by atoms with Crippen LogP contribution >= 0.6 is 11.6 Å². The molecule has 0 aromatic heterocycles. The lowest BCUT2D eigenvalue weighted by molar-refractivity contribution is -0.129. The van der Waals surface area contributed by atoms with E-state index >= 15 is 0 Å². The Bertz CT molecular complexity index is 641. The van der Waals surface area contributed by atoms with Gasteiger partial charge in [0, 0.05) is 5.56 Å². The molecule has 10 heteroatoms. The summed E-state index contributed by atoms with van der Waals surface area (Å²) in [4.78, 5) is 0. The summed E-state index contributed by atoms with van der Waals surface area (Å²) in [5, 5.41) is -1.91. The maximum Gasteiger partial charge on any atom is 0.420 e. The lowest BCUT2D eigenvalue weighted by Crippen LogP contribution is -2.26. The summed E-state index contributed by atoms with van der Waals surface area (Å²) in [6.07, 6.45) is -5.74. The predicted octanol–water partition coefficient (Wildman–Crippen LogP) is 4.86. The normalized spacial score (nSPS) is 17.7. The van der Waals surface area contributed by atoms with E-state index in [1.54, 1.807) is 0 Å². The SMILES string of the molecule is Fc1c(F)c(F)c2c(c1F)C(Cl)=C(C(F)(F)F)C2(F)F. The van der Waals surface area contributed by atoms with Crippen molar-refractivity contribution in [3.05, 3.63) is 40.0 Å².